The highest BCUT2D eigenvalue weighted by atomic mass is 16.5. The number of nitrogens with two attached hydrogens (primary N) is 1. The van der Waals surface area contributed by atoms with Gasteiger partial charge in [0.1, 0.15) is 0 Å². The van der Waals surface area contributed by atoms with Gasteiger partial charge in [-0.05, 0) is 58.9 Å². The third-order valence-electron chi connectivity index (χ3n) is 3.23. The molecule has 3 heteroatoms. The summed E-state index contributed by atoms with van der Waals surface area (Å²) in [6.45, 7) is 6.20. The van der Waals surface area contributed by atoms with Crippen molar-refractivity contribution in [3.63, 3.8) is 0 Å². The van der Waals surface area contributed by atoms with Crippen LogP contribution in [0.2, 0.25) is 0 Å². The Hall–Kier alpha value is -0.120. The van der Waals surface area contributed by atoms with E-state index in [0.717, 1.165) is 19.6 Å². The molecule has 1 aliphatic carbocycles. The van der Waals surface area contributed by atoms with Crippen LogP contribution < -0.4 is 11.1 Å². The first-order valence-electron chi connectivity index (χ1n) is 6.79. The molecule has 0 atom stereocenters. The standard InChI is InChI=1S/C13H28N2O/c1-11(2)16-10-4-3-9-15-13-7-5-12(14)6-8-13/h11-13,15H,3-10,14H2,1-2H3. The zero-order valence-electron chi connectivity index (χ0n) is 10.9. The summed E-state index contributed by atoms with van der Waals surface area (Å²) in [7, 11) is 0. The predicted molar refractivity (Wildman–Crippen MR) is 68.6 cm³/mol. The van der Waals surface area contributed by atoms with E-state index in [0.29, 0.717) is 18.2 Å². The Morgan fingerprint density at radius 3 is 2.50 bits per heavy atom. The molecule has 1 rings (SSSR count). The van der Waals surface area contributed by atoms with Crippen LogP contribution in [0.4, 0.5) is 0 Å². The minimum absolute atomic E-state index is 0.368. The Bertz CT molecular complexity index is 165. The highest BCUT2D eigenvalue weighted by Gasteiger charge is 2.17. The normalized spacial score (nSPS) is 26.2. The van der Waals surface area contributed by atoms with Crippen LogP contribution in [-0.4, -0.2) is 31.3 Å². The number of hydrogen-bond acceptors (Lipinski definition) is 3. The molecule has 0 aromatic carbocycles. The smallest absolute Gasteiger partial charge is 0.0518 e. The summed E-state index contributed by atoms with van der Waals surface area (Å²) in [6, 6.07) is 1.17. The van der Waals surface area contributed by atoms with Crippen molar-refractivity contribution in [3.05, 3.63) is 0 Å². The van der Waals surface area contributed by atoms with E-state index in [4.69, 9.17) is 10.5 Å². The first-order chi connectivity index (χ1) is 7.68. The fourth-order valence-corrected chi connectivity index (χ4v) is 2.18. The van der Waals surface area contributed by atoms with Crippen LogP contribution in [0.25, 0.3) is 0 Å². The van der Waals surface area contributed by atoms with Gasteiger partial charge >= 0.3 is 0 Å². The maximum Gasteiger partial charge on any atom is 0.0518 e. The molecule has 3 nitrogen and oxygen atoms in total. The fourth-order valence-electron chi connectivity index (χ4n) is 2.18. The Labute approximate surface area is 100 Å². The van der Waals surface area contributed by atoms with E-state index in [9.17, 15) is 0 Å². The van der Waals surface area contributed by atoms with Gasteiger partial charge in [-0.15, -0.1) is 0 Å². The first kappa shape index (κ1) is 13.9. The summed E-state index contributed by atoms with van der Waals surface area (Å²) >= 11 is 0. The molecule has 96 valence electrons. The third kappa shape index (κ3) is 6.46. The highest BCUT2D eigenvalue weighted by Crippen LogP contribution is 2.16. The Morgan fingerprint density at radius 2 is 1.88 bits per heavy atom. The molecule has 0 unspecified atom stereocenters. The van der Waals surface area contributed by atoms with Crippen LogP contribution in [0.3, 0.4) is 0 Å². The lowest BCUT2D eigenvalue weighted by molar-refractivity contribution is 0.0759. The van der Waals surface area contributed by atoms with E-state index in [2.05, 4.69) is 19.2 Å². The van der Waals surface area contributed by atoms with Crippen molar-refractivity contribution >= 4 is 0 Å². The summed E-state index contributed by atoms with van der Waals surface area (Å²) in [6.07, 6.45) is 7.63. The van der Waals surface area contributed by atoms with E-state index >= 15 is 0 Å². The van der Waals surface area contributed by atoms with Gasteiger partial charge in [-0.1, -0.05) is 0 Å². The highest BCUT2D eigenvalue weighted by molar-refractivity contribution is 4.78. The molecule has 0 spiro atoms. The third-order valence-corrected chi connectivity index (χ3v) is 3.23. The van der Waals surface area contributed by atoms with Crippen LogP contribution >= 0.6 is 0 Å². The number of nitrogens with one attached hydrogen (secondary N) is 1. The monoisotopic (exact) mass is 228 g/mol. The minimum atomic E-state index is 0.368. The topological polar surface area (TPSA) is 47.3 Å². The quantitative estimate of drug-likeness (QED) is 0.656. The molecule has 0 aromatic rings. The minimum Gasteiger partial charge on any atom is -0.379 e. The molecule has 0 amide bonds. The van der Waals surface area contributed by atoms with E-state index in [1.165, 1.54) is 32.1 Å². The van der Waals surface area contributed by atoms with E-state index in [1.54, 1.807) is 0 Å². The molecular weight excluding hydrogens is 200 g/mol. The van der Waals surface area contributed by atoms with Crippen LogP contribution in [0.1, 0.15) is 52.4 Å². The van der Waals surface area contributed by atoms with Gasteiger partial charge in [-0.2, -0.15) is 0 Å². The van der Waals surface area contributed by atoms with Crippen LogP contribution in [0.15, 0.2) is 0 Å². The van der Waals surface area contributed by atoms with Crippen LogP contribution in [-0.2, 0) is 4.74 Å². The summed E-state index contributed by atoms with van der Waals surface area (Å²) in [5.41, 5.74) is 5.88. The molecule has 0 heterocycles. The summed E-state index contributed by atoms with van der Waals surface area (Å²) in [4.78, 5) is 0. The lowest BCUT2D eigenvalue weighted by atomic mass is 9.92. The maximum atomic E-state index is 5.88. The number of hydrogen-bond donors (Lipinski definition) is 2. The fraction of sp³-hybridized carbons (Fsp3) is 1.00. The van der Waals surface area contributed by atoms with Crippen LogP contribution in [0, 0.1) is 0 Å². The van der Waals surface area contributed by atoms with Gasteiger partial charge < -0.3 is 15.8 Å². The molecule has 0 radical (unpaired) electrons. The number of rotatable bonds is 7. The molecule has 0 aliphatic heterocycles. The molecule has 3 N–H and O–H groups in total. The summed E-state index contributed by atoms with van der Waals surface area (Å²) in [5.74, 6) is 0. The second-order valence-electron chi connectivity index (χ2n) is 5.19. The zero-order chi connectivity index (χ0) is 11.8. The van der Waals surface area contributed by atoms with Gasteiger partial charge in [0.2, 0.25) is 0 Å². The van der Waals surface area contributed by atoms with Gasteiger partial charge in [0, 0.05) is 18.7 Å². The van der Waals surface area contributed by atoms with Gasteiger partial charge in [-0.3, -0.25) is 0 Å². The van der Waals surface area contributed by atoms with Gasteiger partial charge in [0.05, 0.1) is 6.10 Å². The van der Waals surface area contributed by atoms with Crippen molar-refractivity contribution in [2.24, 2.45) is 5.73 Å². The van der Waals surface area contributed by atoms with Crippen molar-refractivity contribution in [2.45, 2.75) is 70.6 Å². The number of ether oxygens (including phenoxy) is 1. The SMILES string of the molecule is CC(C)OCCCCNC1CCC(N)CC1. The Balaban J connectivity index is 1.87. The van der Waals surface area contributed by atoms with E-state index < -0.39 is 0 Å². The molecule has 1 saturated carbocycles. The molecule has 16 heavy (non-hydrogen) atoms. The second-order valence-corrected chi connectivity index (χ2v) is 5.19. The molecule has 1 fully saturated rings. The lowest BCUT2D eigenvalue weighted by Gasteiger charge is -2.26. The Kier molecular flexibility index (Phi) is 7.01. The van der Waals surface area contributed by atoms with Crippen molar-refractivity contribution in [3.8, 4) is 0 Å². The maximum absolute atomic E-state index is 5.88. The molecule has 0 saturated heterocycles. The summed E-state index contributed by atoms with van der Waals surface area (Å²) in [5, 5.41) is 3.62. The molecular formula is C13H28N2O. The van der Waals surface area contributed by atoms with Gasteiger partial charge in [0.15, 0.2) is 0 Å². The average Bonchev–Trinajstić information content (AvgIpc) is 2.25. The molecule has 0 aromatic heterocycles. The van der Waals surface area contributed by atoms with Crippen molar-refractivity contribution in [2.75, 3.05) is 13.2 Å². The van der Waals surface area contributed by atoms with Crippen molar-refractivity contribution in [1.82, 2.24) is 5.32 Å². The largest absolute Gasteiger partial charge is 0.379 e. The average molecular weight is 228 g/mol. The van der Waals surface area contributed by atoms with Gasteiger partial charge in [0.25, 0.3) is 0 Å². The second kappa shape index (κ2) is 8.04. The van der Waals surface area contributed by atoms with Crippen LogP contribution in [0.5, 0.6) is 0 Å². The summed E-state index contributed by atoms with van der Waals surface area (Å²) < 4.78 is 5.50. The molecule has 1 aliphatic rings. The van der Waals surface area contributed by atoms with E-state index in [1.807, 2.05) is 0 Å². The number of unbranched alkanes of at least 4 members (excludes halogenated alkanes) is 1. The van der Waals surface area contributed by atoms with Gasteiger partial charge in [-0.25, -0.2) is 0 Å². The zero-order valence-corrected chi connectivity index (χ0v) is 10.9. The molecule has 0 bridgehead atoms. The van der Waals surface area contributed by atoms with Crippen molar-refractivity contribution < 1.29 is 4.74 Å². The van der Waals surface area contributed by atoms with Crippen molar-refractivity contribution in [1.29, 1.82) is 0 Å². The Morgan fingerprint density at radius 1 is 1.19 bits per heavy atom. The first-order valence-corrected chi connectivity index (χ1v) is 6.79. The lowest BCUT2D eigenvalue weighted by Crippen LogP contribution is -2.37. The van der Waals surface area contributed by atoms with E-state index in [-0.39, 0.29) is 0 Å². The predicted octanol–water partition coefficient (Wildman–Crippen LogP) is 2.05.